The van der Waals surface area contributed by atoms with Crippen LogP contribution in [0.15, 0.2) is 24.4 Å². The smallest absolute Gasteiger partial charge is 0.372 e. The van der Waals surface area contributed by atoms with E-state index in [4.69, 9.17) is 4.74 Å². The van der Waals surface area contributed by atoms with Crippen molar-refractivity contribution in [3.05, 3.63) is 34.5 Å². The molecule has 2 aromatic rings. The highest BCUT2D eigenvalue weighted by molar-refractivity contribution is 5.64. The minimum atomic E-state index is -0.368. The van der Waals surface area contributed by atoms with Crippen molar-refractivity contribution in [2.45, 2.75) is 38.8 Å². The molecule has 0 amide bonds. The summed E-state index contributed by atoms with van der Waals surface area (Å²) in [4.78, 5) is 17.6. The molecule has 0 radical (unpaired) electrons. The van der Waals surface area contributed by atoms with Gasteiger partial charge in [-0.2, -0.15) is 9.38 Å². The van der Waals surface area contributed by atoms with Crippen LogP contribution < -0.4 is 4.90 Å². The Labute approximate surface area is 135 Å². The summed E-state index contributed by atoms with van der Waals surface area (Å²) in [5.41, 5.74) is 0.202. The third kappa shape index (κ3) is 2.03. The van der Waals surface area contributed by atoms with Crippen LogP contribution in [0.5, 0.6) is 0 Å². The molecule has 0 bridgehead atoms. The Morgan fingerprint density at radius 1 is 1.43 bits per heavy atom. The van der Waals surface area contributed by atoms with Gasteiger partial charge in [0.05, 0.1) is 11.8 Å². The van der Waals surface area contributed by atoms with Gasteiger partial charge in [-0.15, -0.1) is 0 Å². The molecular formula is C16H22N4O3. The highest BCUT2D eigenvalue weighted by Crippen LogP contribution is 2.54. The van der Waals surface area contributed by atoms with Crippen LogP contribution in [0.2, 0.25) is 0 Å². The summed E-state index contributed by atoms with van der Waals surface area (Å²) in [6.07, 6.45) is 2.47. The first-order valence-corrected chi connectivity index (χ1v) is 7.62. The molecule has 1 saturated carbocycles. The van der Waals surface area contributed by atoms with Gasteiger partial charge in [-0.3, -0.25) is 0 Å². The molecular weight excluding hydrogens is 296 g/mol. The van der Waals surface area contributed by atoms with Gasteiger partial charge >= 0.3 is 5.82 Å². The van der Waals surface area contributed by atoms with E-state index in [1.54, 1.807) is 25.4 Å². The largest absolute Gasteiger partial charge is 0.378 e. The summed E-state index contributed by atoms with van der Waals surface area (Å²) in [5.74, 6) is 0.405. The fraction of sp³-hybridized carbons (Fsp3) is 0.562. The summed E-state index contributed by atoms with van der Waals surface area (Å²) in [7, 11) is 3.59. The van der Waals surface area contributed by atoms with Crippen molar-refractivity contribution < 1.29 is 9.66 Å². The molecule has 2 heterocycles. The Bertz CT molecular complexity index is 770. The van der Waals surface area contributed by atoms with E-state index in [-0.39, 0.29) is 27.8 Å². The maximum absolute atomic E-state index is 11.6. The second kappa shape index (κ2) is 4.92. The molecule has 2 unspecified atom stereocenters. The van der Waals surface area contributed by atoms with Crippen LogP contribution in [0, 0.1) is 15.5 Å². The van der Waals surface area contributed by atoms with Crippen LogP contribution in [0.25, 0.3) is 5.65 Å². The van der Waals surface area contributed by atoms with E-state index in [1.165, 1.54) is 4.40 Å². The fourth-order valence-corrected chi connectivity index (χ4v) is 3.60. The van der Waals surface area contributed by atoms with E-state index in [2.05, 4.69) is 25.8 Å². The maximum Gasteiger partial charge on any atom is 0.372 e. The quantitative estimate of drug-likeness (QED) is 0.640. The number of imidazole rings is 1. The molecule has 0 saturated heterocycles. The molecule has 7 heteroatoms. The minimum Gasteiger partial charge on any atom is -0.378 e. The van der Waals surface area contributed by atoms with E-state index in [0.717, 1.165) is 6.42 Å². The highest BCUT2D eigenvalue weighted by Gasteiger charge is 2.60. The van der Waals surface area contributed by atoms with Gasteiger partial charge in [-0.25, -0.2) is 0 Å². The first-order valence-electron chi connectivity index (χ1n) is 7.62. The van der Waals surface area contributed by atoms with Crippen LogP contribution in [0.3, 0.4) is 0 Å². The van der Waals surface area contributed by atoms with Crippen molar-refractivity contribution in [3.63, 3.8) is 0 Å². The number of nitro groups is 1. The van der Waals surface area contributed by atoms with Gasteiger partial charge in [0.2, 0.25) is 11.5 Å². The van der Waals surface area contributed by atoms with E-state index < -0.39 is 0 Å². The van der Waals surface area contributed by atoms with Crippen LogP contribution in [0.4, 0.5) is 11.6 Å². The Morgan fingerprint density at radius 2 is 2.13 bits per heavy atom. The Balaban J connectivity index is 2.04. The first-order chi connectivity index (χ1) is 10.7. The van der Waals surface area contributed by atoms with Gasteiger partial charge in [-0.05, 0) is 24.3 Å². The molecule has 3 rings (SSSR count). The Morgan fingerprint density at radius 3 is 2.70 bits per heavy atom. The molecule has 1 fully saturated rings. The molecule has 0 spiro atoms. The molecule has 1 aliphatic carbocycles. The average Bonchev–Trinajstić information content (AvgIpc) is 2.91. The van der Waals surface area contributed by atoms with Crippen LogP contribution in [0.1, 0.15) is 27.2 Å². The molecule has 2 aromatic heterocycles. The van der Waals surface area contributed by atoms with Crippen LogP contribution in [-0.4, -0.2) is 40.1 Å². The third-order valence-electron chi connectivity index (χ3n) is 5.69. The van der Waals surface area contributed by atoms with Gasteiger partial charge in [0, 0.05) is 31.7 Å². The van der Waals surface area contributed by atoms with Crippen molar-refractivity contribution in [1.82, 2.24) is 9.38 Å². The number of rotatable bonds is 4. The number of fused-ring (bicyclic) bond motifs is 1. The number of ether oxygens (including phenoxy) is 1. The molecule has 23 heavy (non-hydrogen) atoms. The van der Waals surface area contributed by atoms with E-state index in [9.17, 15) is 10.1 Å². The zero-order valence-electron chi connectivity index (χ0n) is 14.1. The zero-order valence-corrected chi connectivity index (χ0v) is 14.1. The van der Waals surface area contributed by atoms with E-state index >= 15 is 0 Å². The number of aromatic nitrogens is 2. The predicted octanol–water partition coefficient (Wildman–Crippen LogP) is 2.88. The van der Waals surface area contributed by atoms with Crippen LogP contribution >= 0.6 is 0 Å². The van der Waals surface area contributed by atoms with Gasteiger partial charge < -0.3 is 19.8 Å². The van der Waals surface area contributed by atoms with E-state index in [0.29, 0.717) is 11.5 Å². The van der Waals surface area contributed by atoms with Crippen molar-refractivity contribution in [2.24, 2.45) is 5.41 Å². The summed E-state index contributed by atoms with van der Waals surface area (Å²) in [5, 5.41) is 11.6. The zero-order chi connectivity index (χ0) is 17.0. The number of hydrogen-bond acceptors (Lipinski definition) is 5. The number of anilines is 1. The van der Waals surface area contributed by atoms with Gasteiger partial charge in [0.1, 0.15) is 0 Å². The SMILES string of the molecule is COC1(C)CC(N(C)c2nc3ccccn3c2[N+](=O)[O-])C1(C)C. The number of pyridine rings is 1. The lowest BCUT2D eigenvalue weighted by molar-refractivity contribution is -0.389. The van der Waals surface area contributed by atoms with Gasteiger partial charge in [0.15, 0.2) is 0 Å². The maximum atomic E-state index is 11.6. The first kappa shape index (κ1) is 15.7. The van der Waals surface area contributed by atoms with Crippen molar-refractivity contribution in [1.29, 1.82) is 0 Å². The third-order valence-corrected chi connectivity index (χ3v) is 5.69. The Hall–Kier alpha value is -2.15. The summed E-state index contributed by atoms with van der Waals surface area (Å²) in [6, 6.07) is 5.48. The average molecular weight is 318 g/mol. The van der Waals surface area contributed by atoms with E-state index in [1.807, 2.05) is 18.0 Å². The van der Waals surface area contributed by atoms with Crippen molar-refractivity contribution in [3.8, 4) is 0 Å². The molecule has 2 atom stereocenters. The second-order valence-corrected chi connectivity index (χ2v) is 6.93. The summed E-state index contributed by atoms with van der Waals surface area (Å²) in [6.45, 7) is 6.33. The molecule has 7 nitrogen and oxygen atoms in total. The van der Waals surface area contributed by atoms with Crippen molar-refractivity contribution >= 4 is 17.3 Å². The lowest BCUT2D eigenvalue weighted by Crippen LogP contribution is -2.68. The normalized spacial score (nSPS) is 26.0. The lowest BCUT2D eigenvalue weighted by Gasteiger charge is -2.61. The predicted molar refractivity (Wildman–Crippen MR) is 87.8 cm³/mol. The monoisotopic (exact) mass is 318 g/mol. The number of hydrogen-bond donors (Lipinski definition) is 0. The summed E-state index contributed by atoms with van der Waals surface area (Å²) >= 11 is 0. The minimum absolute atomic E-state index is 0.00456. The number of methoxy groups -OCH3 is 1. The molecule has 0 aliphatic heterocycles. The van der Waals surface area contributed by atoms with Gasteiger partial charge in [-0.1, -0.05) is 19.9 Å². The number of nitrogens with zero attached hydrogens (tertiary/aromatic N) is 4. The van der Waals surface area contributed by atoms with Crippen LogP contribution in [-0.2, 0) is 4.74 Å². The fourth-order valence-electron chi connectivity index (χ4n) is 3.60. The topological polar surface area (TPSA) is 72.9 Å². The lowest BCUT2D eigenvalue weighted by atomic mass is 9.55. The second-order valence-electron chi connectivity index (χ2n) is 6.93. The summed E-state index contributed by atoms with van der Waals surface area (Å²) < 4.78 is 7.18. The molecule has 0 N–H and O–H groups in total. The molecule has 1 aliphatic rings. The standard InChI is InChI=1S/C16H22N4O3/c1-15(2)11(10-16(15,3)23-5)18(4)13-14(20(21)22)19-9-7-6-8-12(19)17-13/h6-9,11H,10H2,1-5H3. The molecule has 124 valence electrons. The van der Waals surface area contributed by atoms with Gasteiger partial charge in [0.25, 0.3) is 0 Å². The highest BCUT2D eigenvalue weighted by atomic mass is 16.6. The molecule has 0 aromatic carbocycles. The Kier molecular flexibility index (Phi) is 3.37. The van der Waals surface area contributed by atoms with Crippen molar-refractivity contribution in [2.75, 3.05) is 19.1 Å².